The van der Waals surface area contributed by atoms with Crippen LogP contribution < -0.4 is 9.64 Å². The molecule has 0 saturated heterocycles. The first-order chi connectivity index (χ1) is 15.3. The highest BCUT2D eigenvalue weighted by Crippen LogP contribution is 2.45. The van der Waals surface area contributed by atoms with Crippen molar-refractivity contribution < 1.29 is 27.5 Å². The minimum Gasteiger partial charge on any atom is -0.457 e. The molecule has 2 aliphatic carbocycles. The van der Waals surface area contributed by atoms with Gasteiger partial charge in [-0.2, -0.15) is 13.2 Å². The molecule has 2 aromatic carbocycles. The molecule has 0 aliphatic heterocycles. The quantitative estimate of drug-likeness (QED) is 0.358. The predicted octanol–water partition coefficient (Wildman–Crippen LogP) is 5.81. The first-order valence-corrected chi connectivity index (χ1v) is 10.9. The van der Waals surface area contributed by atoms with Gasteiger partial charge in [0.25, 0.3) is 0 Å². The van der Waals surface area contributed by atoms with Crippen molar-refractivity contribution in [1.29, 1.82) is 0 Å². The third-order valence-electron chi connectivity index (χ3n) is 5.91. The van der Waals surface area contributed by atoms with E-state index in [0.717, 1.165) is 29.9 Å². The van der Waals surface area contributed by atoms with E-state index in [2.05, 4.69) is 17.1 Å². The Morgan fingerprint density at radius 1 is 1.09 bits per heavy atom. The lowest BCUT2D eigenvalue weighted by Gasteiger charge is -2.21. The minimum absolute atomic E-state index is 0.174. The van der Waals surface area contributed by atoms with Crippen LogP contribution in [0.25, 0.3) is 10.2 Å². The van der Waals surface area contributed by atoms with Gasteiger partial charge < -0.3 is 4.74 Å². The molecule has 1 heterocycles. The third kappa shape index (κ3) is 3.77. The number of fused-ring (bicyclic) bond motifs is 3. The van der Waals surface area contributed by atoms with Gasteiger partial charge >= 0.3 is 6.18 Å². The summed E-state index contributed by atoms with van der Waals surface area (Å²) >= 11 is 1.18. The van der Waals surface area contributed by atoms with Crippen molar-refractivity contribution in [3.8, 4) is 11.5 Å². The van der Waals surface area contributed by atoms with E-state index in [0.29, 0.717) is 33.4 Å². The molecule has 2 unspecified atom stereocenters. The van der Waals surface area contributed by atoms with Gasteiger partial charge in [-0.05, 0) is 61.1 Å². The summed E-state index contributed by atoms with van der Waals surface area (Å²) in [7, 11) is 0. The minimum atomic E-state index is -4.41. The number of nitrogens with zero attached hydrogens (tertiary/aromatic N) is 2. The summed E-state index contributed by atoms with van der Waals surface area (Å²) in [6.07, 6.45) is 1.99. The van der Waals surface area contributed by atoms with E-state index in [1.807, 2.05) is 0 Å². The molecule has 32 heavy (non-hydrogen) atoms. The Bertz CT molecular complexity index is 1220. The maximum atomic E-state index is 13.0. The van der Waals surface area contributed by atoms with E-state index in [1.165, 1.54) is 23.5 Å². The van der Waals surface area contributed by atoms with Gasteiger partial charge in [-0.1, -0.05) is 23.5 Å². The number of hydrogen-bond donors (Lipinski definition) is 0. The Kier molecular flexibility index (Phi) is 5.00. The van der Waals surface area contributed by atoms with E-state index >= 15 is 0 Å². The van der Waals surface area contributed by atoms with Gasteiger partial charge in [0, 0.05) is 12.0 Å². The van der Waals surface area contributed by atoms with Gasteiger partial charge in [0.1, 0.15) is 11.5 Å². The lowest BCUT2D eigenvalue weighted by atomic mass is 9.92. The number of hydrogen-bond acceptors (Lipinski definition) is 5. The van der Waals surface area contributed by atoms with Crippen LogP contribution in [0.2, 0.25) is 0 Å². The molecular weight excluding hydrogens is 441 g/mol. The van der Waals surface area contributed by atoms with Crippen LogP contribution in [0, 0.1) is 17.8 Å². The molecular formula is C23H17F3N2O3S. The number of amides is 2. The van der Waals surface area contributed by atoms with Crippen molar-refractivity contribution in [2.45, 2.75) is 19.0 Å². The number of ether oxygens (including phenoxy) is 1. The smallest absolute Gasteiger partial charge is 0.416 e. The number of benzene rings is 2. The molecule has 2 amide bonds. The fourth-order valence-corrected chi connectivity index (χ4v) is 5.31. The number of aromatic nitrogens is 1. The van der Waals surface area contributed by atoms with Gasteiger partial charge in [-0.15, -0.1) is 0 Å². The van der Waals surface area contributed by atoms with Crippen molar-refractivity contribution in [3.63, 3.8) is 0 Å². The van der Waals surface area contributed by atoms with Gasteiger partial charge in [-0.3, -0.25) is 9.59 Å². The molecule has 5 rings (SSSR count). The zero-order chi connectivity index (χ0) is 22.5. The summed E-state index contributed by atoms with van der Waals surface area (Å²) < 4.78 is 44.5. The van der Waals surface area contributed by atoms with Crippen LogP contribution in [0.1, 0.15) is 18.4 Å². The molecule has 0 N–H and O–H groups in total. The summed E-state index contributed by atoms with van der Waals surface area (Å²) in [6.45, 7) is 0. The summed E-state index contributed by atoms with van der Waals surface area (Å²) in [5, 5.41) is 0.290. The van der Waals surface area contributed by atoms with Crippen LogP contribution in [0.15, 0.2) is 54.6 Å². The summed E-state index contributed by atoms with van der Waals surface area (Å²) in [5.74, 6) is 0.805. The number of thiazole rings is 1. The lowest BCUT2D eigenvalue weighted by molar-refractivity contribution is -0.137. The van der Waals surface area contributed by atoms with E-state index < -0.39 is 11.7 Å². The maximum Gasteiger partial charge on any atom is 0.416 e. The van der Waals surface area contributed by atoms with E-state index in [9.17, 15) is 22.8 Å². The molecule has 9 heteroatoms. The summed E-state index contributed by atoms with van der Waals surface area (Å²) in [4.78, 5) is 30.2. The molecule has 3 atom stereocenters. The summed E-state index contributed by atoms with van der Waals surface area (Å²) in [5.41, 5.74) is -0.158. The van der Waals surface area contributed by atoms with E-state index in [1.54, 1.807) is 18.2 Å². The molecule has 2 bridgehead atoms. The molecule has 0 radical (unpaired) electrons. The van der Waals surface area contributed by atoms with Crippen molar-refractivity contribution in [2.75, 3.05) is 4.90 Å². The number of alkyl halides is 3. The number of imide groups is 1. The zero-order valence-corrected chi connectivity index (χ0v) is 17.4. The second-order valence-electron chi connectivity index (χ2n) is 7.95. The molecule has 5 nitrogen and oxygen atoms in total. The fraction of sp³-hybridized carbons (Fsp3) is 0.261. The standard InChI is InChI=1S/C23H17F3N2O3S/c24-23(25,26)15-3-5-16(6-4-15)31-17-7-8-19-20(11-17)32-22(27-19)28(12-29)21(30)18-10-13-1-2-14(18)9-13/h1-8,11-14,18H,9-10H2/t13?,14?,18-/m1/s1. The third-order valence-corrected chi connectivity index (χ3v) is 6.93. The molecule has 3 aromatic rings. The molecule has 0 spiro atoms. The summed E-state index contributed by atoms with van der Waals surface area (Å²) in [6, 6.07) is 9.42. The van der Waals surface area contributed by atoms with Gasteiger partial charge in [0.2, 0.25) is 12.3 Å². The SMILES string of the molecule is O=CN(C(=O)[C@@H]1CC2C=CC1C2)c1nc2ccc(Oc3ccc(C(F)(F)F)cc3)cc2s1. The van der Waals surface area contributed by atoms with E-state index in [-0.39, 0.29) is 23.5 Å². The van der Waals surface area contributed by atoms with Gasteiger partial charge in [-0.25, -0.2) is 9.88 Å². The van der Waals surface area contributed by atoms with E-state index in [4.69, 9.17) is 4.74 Å². The largest absolute Gasteiger partial charge is 0.457 e. The van der Waals surface area contributed by atoms with Crippen molar-refractivity contribution >= 4 is 39.0 Å². The Hall–Kier alpha value is -3.20. The molecule has 1 saturated carbocycles. The van der Waals surface area contributed by atoms with Crippen molar-refractivity contribution in [3.05, 3.63) is 60.2 Å². The second-order valence-corrected chi connectivity index (χ2v) is 8.96. The number of carbonyl (C=O) groups excluding carboxylic acids is 2. The number of halogens is 3. The predicted molar refractivity (Wildman–Crippen MR) is 114 cm³/mol. The Morgan fingerprint density at radius 3 is 2.47 bits per heavy atom. The maximum absolute atomic E-state index is 13.0. The number of anilines is 1. The Morgan fingerprint density at radius 2 is 1.84 bits per heavy atom. The highest BCUT2D eigenvalue weighted by molar-refractivity contribution is 7.22. The fourth-order valence-electron chi connectivity index (χ4n) is 4.34. The lowest BCUT2D eigenvalue weighted by Crippen LogP contribution is -2.36. The molecule has 1 fully saturated rings. The normalized spacial score (nSPS) is 21.8. The Labute approximate surface area is 185 Å². The topological polar surface area (TPSA) is 59.5 Å². The highest BCUT2D eigenvalue weighted by atomic mass is 32.1. The van der Waals surface area contributed by atoms with Gasteiger partial charge in [0.15, 0.2) is 5.13 Å². The van der Waals surface area contributed by atoms with Crippen LogP contribution in [0.5, 0.6) is 11.5 Å². The second kappa shape index (κ2) is 7.74. The molecule has 1 aromatic heterocycles. The molecule has 164 valence electrons. The van der Waals surface area contributed by atoms with Crippen LogP contribution in [-0.4, -0.2) is 17.3 Å². The monoisotopic (exact) mass is 458 g/mol. The average Bonchev–Trinajstić information content (AvgIpc) is 3.49. The van der Waals surface area contributed by atoms with Crippen molar-refractivity contribution in [1.82, 2.24) is 4.98 Å². The number of carbonyl (C=O) groups is 2. The van der Waals surface area contributed by atoms with Crippen molar-refractivity contribution in [2.24, 2.45) is 17.8 Å². The van der Waals surface area contributed by atoms with Crippen LogP contribution in [0.3, 0.4) is 0 Å². The van der Waals surface area contributed by atoms with Crippen LogP contribution in [0.4, 0.5) is 18.3 Å². The average molecular weight is 458 g/mol. The first kappa shape index (κ1) is 20.7. The van der Waals surface area contributed by atoms with Crippen LogP contribution >= 0.6 is 11.3 Å². The van der Waals surface area contributed by atoms with Crippen LogP contribution in [-0.2, 0) is 15.8 Å². The number of rotatable bonds is 5. The molecule has 2 aliphatic rings. The highest BCUT2D eigenvalue weighted by Gasteiger charge is 2.42. The number of allylic oxidation sites excluding steroid dienone is 2. The first-order valence-electron chi connectivity index (χ1n) is 10.0. The van der Waals surface area contributed by atoms with Gasteiger partial charge in [0.05, 0.1) is 15.8 Å². The Balaban J connectivity index is 1.36. The zero-order valence-electron chi connectivity index (χ0n) is 16.6.